The van der Waals surface area contributed by atoms with E-state index in [-0.39, 0.29) is 0 Å². The first-order chi connectivity index (χ1) is 6.66. The average Bonchev–Trinajstić information content (AvgIpc) is 2.28. The maximum Gasteiger partial charge on any atom is 0.00302 e. The molecule has 0 bridgehead atoms. The van der Waals surface area contributed by atoms with Gasteiger partial charge < -0.3 is 4.90 Å². The van der Waals surface area contributed by atoms with Crippen LogP contribution in [0.25, 0.3) is 0 Å². The van der Waals surface area contributed by atoms with Gasteiger partial charge in [0.25, 0.3) is 0 Å². The van der Waals surface area contributed by atoms with Crippen molar-refractivity contribution in [2.75, 3.05) is 19.6 Å². The highest BCUT2D eigenvalue weighted by Gasteiger charge is 2.28. The van der Waals surface area contributed by atoms with Crippen LogP contribution in [0.3, 0.4) is 0 Å². The summed E-state index contributed by atoms with van der Waals surface area (Å²) in [6.45, 7) is 18.0. The third-order valence-electron chi connectivity index (χ3n) is 2.97. The quantitative estimate of drug-likeness (QED) is 0.671. The van der Waals surface area contributed by atoms with Gasteiger partial charge in [0.2, 0.25) is 0 Å². The molecule has 1 heterocycles. The summed E-state index contributed by atoms with van der Waals surface area (Å²) in [5.74, 6) is 0.937. The highest BCUT2D eigenvalue weighted by molar-refractivity contribution is 4.81. The van der Waals surface area contributed by atoms with Gasteiger partial charge in [0.1, 0.15) is 0 Å². The second-order valence-corrected chi connectivity index (χ2v) is 7.72. The predicted molar refractivity (Wildman–Crippen MR) is 68.1 cm³/mol. The first kappa shape index (κ1) is 13.0. The summed E-state index contributed by atoms with van der Waals surface area (Å²) < 4.78 is 0. The third kappa shape index (κ3) is 5.55. The Kier molecular flexibility index (Phi) is 3.86. The highest BCUT2D eigenvalue weighted by Crippen LogP contribution is 2.31. The lowest BCUT2D eigenvalue weighted by Crippen LogP contribution is -2.31. The zero-order valence-corrected chi connectivity index (χ0v) is 11.6. The monoisotopic (exact) mass is 211 g/mol. The van der Waals surface area contributed by atoms with E-state index in [9.17, 15) is 0 Å². The number of hydrogen-bond donors (Lipinski definition) is 0. The largest absolute Gasteiger partial charge is 0.303 e. The van der Waals surface area contributed by atoms with Crippen molar-refractivity contribution in [1.29, 1.82) is 0 Å². The lowest BCUT2D eigenvalue weighted by atomic mass is 9.84. The zero-order valence-electron chi connectivity index (χ0n) is 11.6. The van der Waals surface area contributed by atoms with Crippen LogP contribution in [0.4, 0.5) is 0 Å². The molecule has 0 spiro atoms. The normalized spacial score (nSPS) is 24.8. The number of hydrogen-bond acceptors (Lipinski definition) is 1. The van der Waals surface area contributed by atoms with E-state index in [0.29, 0.717) is 10.8 Å². The molecule has 1 rings (SSSR count). The standard InChI is InChI=1S/C14H29N/c1-13(2,3)9-12-7-8-15(10-12)11-14(4,5)6/h12H,7-11H2,1-6H3. The molecule has 1 atom stereocenters. The van der Waals surface area contributed by atoms with E-state index in [1.807, 2.05) is 0 Å². The molecule has 1 saturated heterocycles. The van der Waals surface area contributed by atoms with Gasteiger partial charge in [-0.15, -0.1) is 0 Å². The molecule has 0 saturated carbocycles. The molecular weight excluding hydrogens is 182 g/mol. The molecule has 0 radical (unpaired) electrons. The molecule has 1 fully saturated rings. The molecule has 90 valence electrons. The van der Waals surface area contributed by atoms with Crippen molar-refractivity contribution in [2.45, 2.75) is 54.4 Å². The van der Waals surface area contributed by atoms with Crippen LogP contribution in [0.15, 0.2) is 0 Å². The fourth-order valence-electron chi connectivity index (χ4n) is 2.76. The molecule has 1 unspecified atom stereocenters. The van der Waals surface area contributed by atoms with Gasteiger partial charge in [-0.25, -0.2) is 0 Å². The number of nitrogens with zero attached hydrogens (tertiary/aromatic N) is 1. The van der Waals surface area contributed by atoms with E-state index in [0.717, 1.165) is 5.92 Å². The molecule has 1 aliphatic rings. The van der Waals surface area contributed by atoms with E-state index in [4.69, 9.17) is 0 Å². The van der Waals surface area contributed by atoms with E-state index >= 15 is 0 Å². The van der Waals surface area contributed by atoms with Gasteiger partial charge in [-0.05, 0) is 36.1 Å². The Bertz CT molecular complexity index is 172. The molecule has 15 heavy (non-hydrogen) atoms. The molecule has 0 aromatic carbocycles. The molecule has 1 aliphatic heterocycles. The fraction of sp³-hybridized carbons (Fsp3) is 1.00. The van der Waals surface area contributed by atoms with Gasteiger partial charge >= 0.3 is 0 Å². The van der Waals surface area contributed by atoms with Gasteiger partial charge in [0.05, 0.1) is 0 Å². The Morgan fingerprint density at radius 1 is 1.00 bits per heavy atom. The third-order valence-corrected chi connectivity index (χ3v) is 2.97. The maximum absolute atomic E-state index is 2.65. The SMILES string of the molecule is CC(C)(C)CC1CCN(CC(C)(C)C)C1. The second-order valence-electron chi connectivity index (χ2n) is 7.72. The Morgan fingerprint density at radius 2 is 1.60 bits per heavy atom. The van der Waals surface area contributed by atoms with Crippen LogP contribution in [0.2, 0.25) is 0 Å². The summed E-state index contributed by atoms with van der Waals surface area (Å²) in [7, 11) is 0. The second kappa shape index (κ2) is 4.45. The summed E-state index contributed by atoms with van der Waals surface area (Å²) in [4.78, 5) is 2.65. The number of likely N-dealkylation sites (tertiary alicyclic amines) is 1. The van der Waals surface area contributed by atoms with E-state index in [1.165, 1.54) is 32.5 Å². The summed E-state index contributed by atoms with van der Waals surface area (Å²) in [6, 6.07) is 0. The van der Waals surface area contributed by atoms with Crippen LogP contribution in [-0.4, -0.2) is 24.5 Å². The summed E-state index contributed by atoms with van der Waals surface area (Å²) in [5.41, 5.74) is 0.957. The van der Waals surface area contributed by atoms with Crippen LogP contribution in [0.5, 0.6) is 0 Å². The van der Waals surface area contributed by atoms with Crippen LogP contribution in [-0.2, 0) is 0 Å². The van der Waals surface area contributed by atoms with Crippen molar-refractivity contribution in [3.63, 3.8) is 0 Å². The molecule has 0 aliphatic carbocycles. The molecule has 0 amide bonds. The first-order valence-corrected chi connectivity index (χ1v) is 6.38. The maximum atomic E-state index is 2.65. The Balaban J connectivity index is 2.33. The van der Waals surface area contributed by atoms with Crippen LogP contribution in [0.1, 0.15) is 54.4 Å². The zero-order chi connectivity index (χ0) is 11.7. The minimum Gasteiger partial charge on any atom is -0.303 e. The van der Waals surface area contributed by atoms with Crippen LogP contribution >= 0.6 is 0 Å². The van der Waals surface area contributed by atoms with Crippen molar-refractivity contribution in [3.05, 3.63) is 0 Å². The minimum atomic E-state index is 0.455. The summed E-state index contributed by atoms with van der Waals surface area (Å²) >= 11 is 0. The van der Waals surface area contributed by atoms with Crippen LogP contribution < -0.4 is 0 Å². The van der Waals surface area contributed by atoms with Gasteiger partial charge in [-0.3, -0.25) is 0 Å². The van der Waals surface area contributed by atoms with Gasteiger partial charge in [-0.2, -0.15) is 0 Å². The average molecular weight is 211 g/mol. The molecular formula is C14H29N. The Morgan fingerprint density at radius 3 is 2.07 bits per heavy atom. The van der Waals surface area contributed by atoms with Crippen molar-refractivity contribution in [1.82, 2.24) is 4.90 Å². The van der Waals surface area contributed by atoms with Crippen molar-refractivity contribution >= 4 is 0 Å². The van der Waals surface area contributed by atoms with Crippen LogP contribution in [0, 0.1) is 16.7 Å². The minimum absolute atomic E-state index is 0.455. The molecule has 0 aromatic rings. The smallest absolute Gasteiger partial charge is 0.00302 e. The molecule has 1 nitrogen and oxygen atoms in total. The van der Waals surface area contributed by atoms with Gasteiger partial charge in [0, 0.05) is 13.1 Å². The lowest BCUT2D eigenvalue weighted by Gasteiger charge is -2.27. The Hall–Kier alpha value is -0.0400. The van der Waals surface area contributed by atoms with Crippen molar-refractivity contribution in [2.24, 2.45) is 16.7 Å². The molecule has 0 N–H and O–H groups in total. The van der Waals surface area contributed by atoms with E-state index in [1.54, 1.807) is 0 Å². The summed E-state index contributed by atoms with van der Waals surface area (Å²) in [6.07, 6.45) is 2.79. The molecule has 0 aromatic heterocycles. The topological polar surface area (TPSA) is 3.24 Å². The van der Waals surface area contributed by atoms with Crippen molar-refractivity contribution in [3.8, 4) is 0 Å². The summed E-state index contributed by atoms with van der Waals surface area (Å²) in [5, 5.41) is 0. The molecule has 1 heteroatoms. The fourth-order valence-corrected chi connectivity index (χ4v) is 2.76. The van der Waals surface area contributed by atoms with Crippen molar-refractivity contribution < 1.29 is 0 Å². The van der Waals surface area contributed by atoms with E-state index < -0.39 is 0 Å². The first-order valence-electron chi connectivity index (χ1n) is 6.38. The number of rotatable bonds is 2. The van der Waals surface area contributed by atoms with Gasteiger partial charge in [-0.1, -0.05) is 41.5 Å². The van der Waals surface area contributed by atoms with E-state index in [2.05, 4.69) is 46.4 Å². The lowest BCUT2D eigenvalue weighted by molar-refractivity contribution is 0.211. The highest BCUT2D eigenvalue weighted by atomic mass is 15.1. The predicted octanol–water partition coefficient (Wildman–Crippen LogP) is 3.79. The Labute approximate surface area is 96.2 Å². The van der Waals surface area contributed by atoms with Gasteiger partial charge in [0.15, 0.2) is 0 Å².